The summed E-state index contributed by atoms with van der Waals surface area (Å²) in [7, 11) is 2.12. The van der Waals surface area contributed by atoms with Crippen LogP contribution in [0.3, 0.4) is 0 Å². The summed E-state index contributed by atoms with van der Waals surface area (Å²) in [6.45, 7) is 6.75. The molecule has 0 spiro atoms. The standard InChI is InChI=1S/C16H31N3/c1-17-15-7-5-14(6-8-15)12-18-10-11-19-9-3-2-4-16(19)13-18/h14-17H,2-13H2,1H3. The molecule has 2 aliphatic heterocycles. The molecule has 3 rings (SSSR count). The zero-order valence-corrected chi connectivity index (χ0v) is 12.6. The number of nitrogens with zero attached hydrogens (tertiary/aromatic N) is 2. The van der Waals surface area contributed by atoms with Crippen LogP contribution in [0.25, 0.3) is 0 Å². The molecule has 3 fully saturated rings. The molecule has 19 heavy (non-hydrogen) atoms. The van der Waals surface area contributed by atoms with Gasteiger partial charge in [0.15, 0.2) is 0 Å². The highest BCUT2D eigenvalue weighted by Gasteiger charge is 2.30. The van der Waals surface area contributed by atoms with Crippen LogP contribution in [0.4, 0.5) is 0 Å². The first-order valence-electron chi connectivity index (χ1n) is 8.49. The average Bonchev–Trinajstić information content (AvgIpc) is 2.48. The molecule has 1 N–H and O–H groups in total. The van der Waals surface area contributed by atoms with Crippen molar-refractivity contribution in [3.63, 3.8) is 0 Å². The topological polar surface area (TPSA) is 18.5 Å². The van der Waals surface area contributed by atoms with Gasteiger partial charge in [-0.25, -0.2) is 0 Å². The molecule has 1 aliphatic carbocycles. The van der Waals surface area contributed by atoms with Gasteiger partial charge in [0.25, 0.3) is 0 Å². The molecule has 0 radical (unpaired) electrons. The molecule has 1 unspecified atom stereocenters. The van der Waals surface area contributed by atoms with E-state index in [2.05, 4.69) is 22.2 Å². The zero-order valence-electron chi connectivity index (χ0n) is 12.6. The van der Waals surface area contributed by atoms with Crippen molar-refractivity contribution in [2.75, 3.05) is 39.8 Å². The van der Waals surface area contributed by atoms with Gasteiger partial charge in [-0.3, -0.25) is 4.90 Å². The van der Waals surface area contributed by atoms with Gasteiger partial charge in [0.2, 0.25) is 0 Å². The Bertz CT molecular complexity index is 273. The molecule has 0 bridgehead atoms. The molecule has 1 atom stereocenters. The number of hydrogen-bond acceptors (Lipinski definition) is 3. The largest absolute Gasteiger partial charge is 0.317 e. The maximum absolute atomic E-state index is 3.45. The van der Waals surface area contributed by atoms with E-state index in [9.17, 15) is 0 Å². The maximum atomic E-state index is 3.45. The van der Waals surface area contributed by atoms with Gasteiger partial charge < -0.3 is 10.2 Å². The Morgan fingerprint density at radius 2 is 1.79 bits per heavy atom. The van der Waals surface area contributed by atoms with Crippen LogP contribution in [-0.2, 0) is 0 Å². The molecule has 0 aromatic carbocycles. The van der Waals surface area contributed by atoms with Crippen molar-refractivity contribution >= 4 is 0 Å². The van der Waals surface area contributed by atoms with E-state index in [1.807, 2.05) is 0 Å². The lowest BCUT2D eigenvalue weighted by atomic mass is 9.85. The molecule has 3 nitrogen and oxygen atoms in total. The van der Waals surface area contributed by atoms with E-state index in [-0.39, 0.29) is 0 Å². The van der Waals surface area contributed by atoms with E-state index in [4.69, 9.17) is 0 Å². The molecule has 0 aromatic rings. The van der Waals surface area contributed by atoms with Crippen molar-refractivity contribution in [1.29, 1.82) is 0 Å². The van der Waals surface area contributed by atoms with Crippen LogP contribution in [0.1, 0.15) is 44.9 Å². The van der Waals surface area contributed by atoms with Gasteiger partial charge in [0, 0.05) is 38.3 Å². The van der Waals surface area contributed by atoms with Crippen molar-refractivity contribution in [3.8, 4) is 0 Å². The molecule has 0 amide bonds. The number of rotatable bonds is 3. The highest BCUT2D eigenvalue weighted by molar-refractivity contribution is 4.87. The number of piperazine rings is 1. The van der Waals surface area contributed by atoms with Crippen LogP contribution in [0.2, 0.25) is 0 Å². The first-order valence-corrected chi connectivity index (χ1v) is 8.49. The Kier molecular flexibility index (Phi) is 4.78. The van der Waals surface area contributed by atoms with Gasteiger partial charge in [-0.15, -0.1) is 0 Å². The van der Waals surface area contributed by atoms with E-state index in [0.717, 1.165) is 18.0 Å². The Balaban J connectivity index is 1.43. The fourth-order valence-corrected chi connectivity index (χ4v) is 4.39. The number of piperidine rings is 1. The highest BCUT2D eigenvalue weighted by atomic mass is 15.3. The van der Waals surface area contributed by atoms with Crippen LogP contribution in [0.5, 0.6) is 0 Å². The Morgan fingerprint density at radius 1 is 0.947 bits per heavy atom. The van der Waals surface area contributed by atoms with E-state index < -0.39 is 0 Å². The number of fused-ring (bicyclic) bond motifs is 1. The molecular weight excluding hydrogens is 234 g/mol. The summed E-state index contributed by atoms with van der Waals surface area (Å²) in [5.41, 5.74) is 0. The molecule has 2 heterocycles. The number of nitrogens with one attached hydrogen (secondary N) is 1. The molecule has 3 heteroatoms. The van der Waals surface area contributed by atoms with E-state index in [1.165, 1.54) is 77.7 Å². The maximum Gasteiger partial charge on any atom is 0.0223 e. The third-order valence-corrected chi connectivity index (χ3v) is 5.69. The van der Waals surface area contributed by atoms with E-state index in [0.29, 0.717) is 0 Å². The quantitative estimate of drug-likeness (QED) is 0.841. The summed E-state index contributed by atoms with van der Waals surface area (Å²) in [4.78, 5) is 5.52. The minimum absolute atomic E-state index is 0.798. The molecule has 0 aromatic heterocycles. The lowest BCUT2D eigenvalue weighted by molar-refractivity contribution is 0.0378. The fraction of sp³-hybridized carbons (Fsp3) is 1.00. The first-order chi connectivity index (χ1) is 9.35. The third-order valence-electron chi connectivity index (χ3n) is 5.69. The summed E-state index contributed by atoms with van der Waals surface area (Å²) in [6, 6.07) is 1.68. The average molecular weight is 265 g/mol. The van der Waals surface area contributed by atoms with Crippen LogP contribution >= 0.6 is 0 Å². The van der Waals surface area contributed by atoms with Gasteiger partial charge in [-0.2, -0.15) is 0 Å². The third kappa shape index (κ3) is 3.50. The second-order valence-electron chi connectivity index (χ2n) is 6.95. The molecule has 3 aliphatic rings. The second-order valence-corrected chi connectivity index (χ2v) is 6.95. The van der Waals surface area contributed by atoms with Crippen LogP contribution < -0.4 is 5.32 Å². The fourth-order valence-electron chi connectivity index (χ4n) is 4.39. The second kappa shape index (κ2) is 6.55. The summed E-state index contributed by atoms with van der Waals surface area (Å²) in [6.07, 6.45) is 10.0. The van der Waals surface area contributed by atoms with Crippen LogP contribution in [-0.4, -0.2) is 61.7 Å². The minimum atomic E-state index is 0.798. The smallest absolute Gasteiger partial charge is 0.0223 e. The Hall–Kier alpha value is -0.120. The molecular formula is C16H31N3. The summed E-state index contributed by atoms with van der Waals surface area (Å²) >= 11 is 0. The van der Waals surface area contributed by atoms with E-state index >= 15 is 0 Å². The van der Waals surface area contributed by atoms with Crippen molar-refractivity contribution in [3.05, 3.63) is 0 Å². The lowest BCUT2D eigenvalue weighted by Gasteiger charge is -2.45. The highest BCUT2D eigenvalue weighted by Crippen LogP contribution is 2.27. The lowest BCUT2D eigenvalue weighted by Crippen LogP contribution is -2.55. The van der Waals surface area contributed by atoms with Crippen molar-refractivity contribution in [2.24, 2.45) is 5.92 Å². The first kappa shape index (κ1) is 13.8. The van der Waals surface area contributed by atoms with Crippen LogP contribution in [0, 0.1) is 5.92 Å². The summed E-state index contributed by atoms with van der Waals surface area (Å²) in [5.74, 6) is 0.972. The molecule has 110 valence electrons. The van der Waals surface area contributed by atoms with E-state index in [1.54, 1.807) is 0 Å². The minimum Gasteiger partial charge on any atom is -0.317 e. The normalized spacial score (nSPS) is 38.1. The number of hydrogen-bond donors (Lipinski definition) is 1. The SMILES string of the molecule is CNC1CCC(CN2CCN3CCCCC3C2)CC1. The van der Waals surface area contributed by atoms with Gasteiger partial charge >= 0.3 is 0 Å². The van der Waals surface area contributed by atoms with Gasteiger partial charge in [-0.05, 0) is 58.0 Å². The van der Waals surface area contributed by atoms with Gasteiger partial charge in [-0.1, -0.05) is 6.42 Å². The Labute approximate surface area is 118 Å². The van der Waals surface area contributed by atoms with Crippen LogP contribution in [0.15, 0.2) is 0 Å². The molecule has 1 saturated carbocycles. The summed E-state index contributed by atoms with van der Waals surface area (Å²) < 4.78 is 0. The van der Waals surface area contributed by atoms with Crippen molar-refractivity contribution in [1.82, 2.24) is 15.1 Å². The van der Waals surface area contributed by atoms with Crippen molar-refractivity contribution in [2.45, 2.75) is 57.0 Å². The zero-order chi connectivity index (χ0) is 13.1. The van der Waals surface area contributed by atoms with Crippen molar-refractivity contribution < 1.29 is 0 Å². The predicted octanol–water partition coefficient (Wildman–Crippen LogP) is 1.93. The van der Waals surface area contributed by atoms with Gasteiger partial charge in [0.1, 0.15) is 0 Å². The van der Waals surface area contributed by atoms with Gasteiger partial charge in [0.05, 0.1) is 0 Å². The summed E-state index contributed by atoms with van der Waals surface area (Å²) in [5, 5.41) is 3.45. The monoisotopic (exact) mass is 265 g/mol. The Morgan fingerprint density at radius 3 is 2.58 bits per heavy atom. The molecule has 2 saturated heterocycles. The predicted molar refractivity (Wildman–Crippen MR) is 80.5 cm³/mol.